The zero-order chi connectivity index (χ0) is 32.4. The molecule has 0 atom stereocenters. The van der Waals surface area contributed by atoms with Crippen molar-refractivity contribution in [3.8, 4) is 34.1 Å². The Hall–Kier alpha value is -6.18. The van der Waals surface area contributed by atoms with Crippen LogP contribution in [0.4, 0.5) is 0 Å². The summed E-state index contributed by atoms with van der Waals surface area (Å²) >= 11 is 0. The number of phenols is 4. The van der Waals surface area contributed by atoms with Crippen LogP contribution < -0.4 is 10.9 Å². The molecular formula is C30H20O14. The van der Waals surface area contributed by atoms with Crippen molar-refractivity contribution in [1.82, 2.24) is 0 Å². The molecule has 5 rings (SSSR count). The lowest BCUT2D eigenvalue weighted by atomic mass is 9.88. The Balaban J connectivity index is 2.04. The van der Waals surface area contributed by atoms with Crippen molar-refractivity contribution in [2.75, 3.05) is 14.2 Å². The number of carbonyl (C=O) groups is 4. The Morgan fingerprint density at radius 2 is 1.23 bits per heavy atom. The highest BCUT2D eigenvalue weighted by atomic mass is 16.5. The van der Waals surface area contributed by atoms with Crippen LogP contribution in [-0.2, 0) is 9.47 Å². The van der Waals surface area contributed by atoms with Gasteiger partial charge < -0.3 is 38.7 Å². The molecule has 14 nitrogen and oxygen atoms in total. The summed E-state index contributed by atoms with van der Waals surface area (Å²) in [6.45, 7) is 2.13. The van der Waals surface area contributed by atoms with Crippen LogP contribution in [0.15, 0.2) is 42.9 Å². The second-order valence-electron chi connectivity index (χ2n) is 9.54. The lowest BCUT2D eigenvalue weighted by Gasteiger charge is -2.16. The van der Waals surface area contributed by atoms with Gasteiger partial charge in [-0.05, 0) is 19.9 Å². The molecule has 0 aliphatic rings. The highest BCUT2D eigenvalue weighted by Gasteiger charge is 2.31. The number of rotatable bonds is 5. The van der Waals surface area contributed by atoms with E-state index in [0.29, 0.717) is 0 Å². The summed E-state index contributed by atoms with van der Waals surface area (Å²) in [4.78, 5) is 78.9. The molecule has 0 unspecified atom stereocenters. The molecule has 0 aliphatic heterocycles. The van der Waals surface area contributed by atoms with Crippen LogP contribution in [0, 0.1) is 0 Å². The maximum atomic E-state index is 13.9. The molecule has 2 heterocycles. The van der Waals surface area contributed by atoms with Gasteiger partial charge >= 0.3 is 11.9 Å². The number of fused-ring (bicyclic) bond motifs is 3. The number of ketones is 2. The third-order valence-corrected chi connectivity index (χ3v) is 7.01. The highest BCUT2D eigenvalue weighted by molar-refractivity contribution is 6.19. The minimum absolute atomic E-state index is 0.355. The average molecular weight is 604 g/mol. The number of methoxy groups -OCH3 is 2. The van der Waals surface area contributed by atoms with Gasteiger partial charge in [-0.2, -0.15) is 0 Å². The quantitative estimate of drug-likeness (QED) is 0.0974. The number of esters is 2. The lowest BCUT2D eigenvalue weighted by Crippen LogP contribution is -2.17. The van der Waals surface area contributed by atoms with Crippen LogP contribution in [0.3, 0.4) is 0 Å². The zero-order valence-corrected chi connectivity index (χ0v) is 23.2. The van der Waals surface area contributed by atoms with Gasteiger partial charge in [-0.3, -0.25) is 19.2 Å². The van der Waals surface area contributed by atoms with Crippen LogP contribution in [0.1, 0.15) is 55.3 Å². The molecule has 0 fully saturated rings. The van der Waals surface area contributed by atoms with E-state index in [1.165, 1.54) is 0 Å². The molecule has 0 aliphatic carbocycles. The van der Waals surface area contributed by atoms with E-state index in [4.69, 9.17) is 8.83 Å². The van der Waals surface area contributed by atoms with Crippen LogP contribution in [-0.4, -0.2) is 58.2 Å². The molecule has 0 saturated carbocycles. The molecule has 224 valence electrons. The Morgan fingerprint density at radius 1 is 0.705 bits per heavy atom. The number of benzene rings is 3. The molecule has 4 N–H and O–H groups in total. The fraction of sp³-hybridized carbons (Fsp3) is 0.133. The Bertz CT molecular complexity index is 2270. The summed E-state index contributed by atoms with van der Waals surface area (Å²) in [7, 11) is 1.93. The van der Waals surface area contributed by atoms with E-state index in [9.17, 15) is 49.2 Å². The summed E-state index contributed by atoms with van der Waals surface area (Å²) in [6, 6.07) is 2.70. The number of hydrogen-bond acceptors (Lipinski definition) is 14. The first-order valence-electron chi connectivity index (χ1n) is 12.5. The van der Waals surface area contributed by atoms with Crippen LogP contribution in [0.25, 0.3) is 44.0 Å². The lowest BCUT2D eigenvalue weighted by molar-refractivity contribution is 0.0589. The predicted molar refractivity (Wildman–Crippen MR) is 151 cm³/mol. The molecule has 0 radical (unpaired) electrons. The van der Waals surface area contributed by atoms with E-state index in [1.807, 2.05) is 0 Å². The number of phenolic OH excluding ortho intramolecular Hbond substituents is 4. The van der Waals surface area contributed by atoms with Gasteiger partial charge in [-0.25, -0.2) is 9.59 Å². The first kappa shape index (κ1) is 29.3. The summed E-state index contributed by atoms with van der Waals surface area (Å²) < 4.78 is 20.6. The standard InChI is InChI=1S/C30H20O14/c1-9(31)11-5-12-24(35)21-17(7-15(34)27(38)23(21)30(40)42-4)44-28(12)18(10(2)32)19(11)13-8-43-16-6-14(33)26(37)22(29(39)41-3)20(16)25(13)36/h5-8,33-34,37-38H,1-4H3. The van der Waals surface area contributed by atoms with Crippen molar-refractivity contribution >= 4 is 56.4 Å². The van der Waals surface area contributed by atoms with Gasteiger partial charge in [0.2, 0.25) is 10.9 Å². The van der Waals surface area contributed by atoms with Gasteiger partial charge in [0.1, 0.15) is 34.1 Å². The third kappa shape index (κ3) is 4.11. The summed E-state index contributed by atoms with van der Waals surface area (Å²) in [6.07, 6.45) is 0.848. The summed E-state index contributed by atoms with van der Waals surface area (Å²) in [5, 5.41) is 39.6. The molecule has 0 spiro atoms. The van der Waals surface area contributed by atoms with E-state index in [-0.39, 0.29) is 16.7 Å². The maximum absolute atomic E-state index is 13.9. The number of ether oxygens (including phenoxy) is 2. The van der Waals surface area contributed by atoms with Crippen molar-refractivity contribution in [3.63, 3.8) is 0 Å². The van der Waals surface area contributed by atoms with E-state index in [1.54, 1.807) is 0 Å². The largest absolute Gasteiger partial charge is 0.504 e. The normalized spacial score (nSPS) is 11.2. The minimum Gasteiger partial charge on any atom is -0.504 e. The molecule has 2 aromatic heterocycles. The molecule has 44 heavy (non-hydrogen) atoms. The van der Waals surface area contributed by atoms with Crippen molar-refractivity contribution in [3.05, 3.63) is 67.2 Å². The van der Waals surface area contributed by atoms with E-state index in [0.717, 1.165) is 52.5 Å². The third-order valence-electron chi connectivity index (χ3n) is 7.01. The highest BCUT2D eigenvalue weighted by Crippen LogP contribution is 2.41. The molecular weight excluding hydrogens is 584 g/mol. The van der Waals surface area contributed by atoms with Crippen LogP contribution in [0.5, 0.6) is 23.0 Å². The van der Waals surface area contributed by atoms with Gasteiger partial charge in [-0.1, -0.05) is 0 Å². The monoisotopic (exact) mass is 604 g/mol. The smallest absolute Gasteiger partial charge is 0.342 e. The molecule has 3 aromatic carbocycles. The topological polar surface area (TPSA) is 228 Å². The second-order valence-corrected chi connectivity index (χ2v) is 9.54. The molecule has 0 saturated heterocycles. The first-order chi connectivity index (χ1) is 20.7. The Kier molecular flexibility index (Phi) is 6.84. The number of aromatic hydroxyl groups is 4. The minimum atomic E-state index is -1.22. The predicted octanol–water partition coefficient (Wildman–Crippen LogP) is 3.52. The Labute approximate surface area is 243 Å². The van der Waals surface area contributed by atoms with Crippen molar-refractivity contribution < 1.29 is 57.9 Å². The fourth-order valence-electron chi connectivity index (χ4n) is 5.06. The summed E-state index contributed by atoms with van der Waals surface area (Å²) in [5.74, 6) is -7.61. The second kappa shape index (κ2) is 10.3. The van der Waals surface area contributed by atoms with Crippen molar-refractivity contribution in [2.45, 2.75) is 13.8 Å². The van der Waals surface area contributed by atoms with Gasteiger partial charge in [0, 0.05) is 23.3 Å². The van der Waals surface area contributed by atoms with Crippen LogP contribution in [0.2, 0.25) is 0 Å². The molecule has 5 aromatic rings. The van der Waals surface area contributed by atoms with Gasteiger partial charge in [0.15, 0.2) is 34.6 Å². The Morgan fingerprint density at radius 3 is 1.73 bits per heavy atom. The average Bonchev–Trinajstić information content (AvgIpc) is 2.97. The number of Topliss-reactive ketones (excluding diaryl/α,β-unsaturated/α-hetero) is 2. The van der Waals surface area contributed by atoms with Crippen molar-refractivity contribution in [2.24, 2.45) is 0 Å². The number of carbonyl (C=O) groups excluding carboxylic acids is 4. The summed E-state index contributed by atoms with van der Waals surface area (Å²) in [5.41, 5.74) is -6.45. The fourth-order valence-corrected chi connectivity index (χ4v) is 5.06. The first-order valence-corrected chi connectivity index (χ1v) is 12.5. The zero-order valence-electron chi connectivity index (χ0n) is 23.2. The maximum Gasteiger partial charge on any atom is 0.342 e. The molecule has 0 amide bonds. The van der Waals surface area contributed by atoms with Gasteiger partial charge in [0.25, 0.3) is 0 Å². The molecule has 14 heteroatoms. The van der Waals surface area contributed by atoms with E-state index < -0.39 is 107 Å². The van der Waals surface area contributed by atoms with E-state index >= 15 is 0 Å². The van der Waals surface area contributed by atoms with Crippen molar-refractivity contribution in [1.29, 1.82) is 0 Å². The van der Waals surface area contributed by atoms with Crippen LogP contribution >= 0.6 is 0 Å². The number of hydrogen-bond donors (Lipinski definition) is 4. The van der Waals surface area contributed by atoms with Gasteiger partial charge in [0.05, 0.1) is 41.5 Å². The molecule has 0 bridgehead atoms. The van der Waals surface area contributed by atoms with Gasteiger partial charge in [-0.15, -0.1) is 0 Å². The SMILES string of the molecule is COC(=O)c1c(O)c(O)cc2occ(-c3c(C(C)=O)cc4c(=O)c5c(C(=O)OC)c(O)c(O)cc5oc4c3C(C)=O)c(=O)c12. The van der Waals surface area contributed by atoms with E-state index in [2.05, 4.69) is 9.47 Å².